The molecule has 0 saturated heterocycles. The summed E-state index contributed by atoms with van der Waals surface area (Å²) in [6.07, 6.45) is -3.98. The fourth-order valence-electron chi connectivity index (χ4n) is 4.00. The van der Waals surface area contributed by atoms with Crippen molar-refractivity contribution in [3.05, 3.63) is 77.9 Å². The lowest BCUT2D eigenvalue weighted by atomic mass is 10.0. The third kappa shape index (κ3) is 7.17. The average Bonchev–Trinajstić information content (AvgIpc) is 2.86. The quantitative estimate of drug-likeness (QED) is 0.348. The maximum Gasteiger partial charge on any atom is 0.406 e. The summed E-state index contributed by atoms with van der Waals surface area (Å²) in [4.78, 5) is 26.0. The highest BCUT2D eigenvalue weighted by Crippen LogP contribution is 2.23. The first-order valence-electron chi connectivity index (χ1n) is 12.0. The summed E-state index contributed by atoms with van der Waals surface area (Å²) in [5.74, 6) is -2.16. The highest BCUT2D eigenvalue weighted by atomic mass is 32.2. The van der Waals surface area contributed by atoms with E-state index in [4.69, 9.17) is 0 Å². The topological polar surface area (TPSA) is 74.8 Å². The number of benzene rings is 3. The van der Waals surface area contributed by atoms with Gasteiger partial charge in [-0.3, -0.25) is 14.5 Å². The van der Waals surface area contributed by atoms with Crippen molar-refractivity contribution in [2.45, 2.75) is 44.2 Å². The van der Waals surface area contributed by atoms with Gasteiger partial charge in [-0.05, 0) is 53.4 Å². The standard InChI is InChI=1S/C27H29F3N2O4S/c1-3-15-31(16-4-2)37(35,36)24-13-11-22(12-14-24)26(34)32(19-27(28,29)30)25(33)18-20-9-10-21-7-5-6-8-23(21)17-20/h5-14,17H,3-4,15-16,18-19H2,1-2H3. The highest BCUT2D eigenvalue weighted by molar-refractivity contribution is 7.89. The Labute approximate surface area is 214 Å². The molecule has 0 bridgehead atoms. The number of sulfonamides is 1. The zero-order valence-corrected chi connectivity index (χ0v) is 21.5. The second-order valence-electron chi connectivity index (χ2n) is 8.69. The zero-order chi connectivity index (χ0) is 27.2. The molecular formula is C27H29F3N2O4S. The second kappa shape index (κ2) is 11.9. The number of hydrogen-bond donors (Lipinski definition) is 0. The molecular weight excluding hydrogens is 505 g/mol. The minimum Gasteiger partial charge on any atom is -0.274 e. The molecule has 0 heterocycles. The first-order chi connectivity index (χ1) is 17.5. The lowest BCUT2D eigenvalue weighted by molar-refractivity contribution is -0.155. The predicted molar refractivity (Wildman–Crippen MR) is 136 cm³/mol. The Balaban J connectivity index is 1.86. The Morgan fingerprint density at radius 1 is 0.838 bits per heavy atom. The third-order valence-electron chi connectivity index (χ3n) is 5.74. The molecule has 0 aromatic heterocycles. The van der Waals surface area contributed by atoms with Crippen LogP contribution in [0.2, 0.25) is 0 Å². The molecule has 3 aromatic rings. The summed E-state index contributed by atoms with van der Waals surface area (Å²) >= 11 is 0. The van der Waals surface area contributed by atoms with Crippen LogP contribution < -0.4 is 0 Å². The van der Waals surface area contributed by atoms with Gasteiger partial charge in [0.2, 0.25) is 15.9 Å². The highest BCUT2D eigenvalue weighted by Gasteiger charge is 2.37. The number of rotatable bonds is 10. The van der Waals surface area contributed by atoms with Crippen molar-refractivity contribution in [2.24, 2.45) is 0 Å². The lowest BCUT2D eigenvalue weighted by Crippen LogP contribution is -2.44. The molecule has 0 aliphatic carbocycles. The molecule has 0 aliphatic rings. The van der Waals surface area contributed by atoms with Crippen LogP contribution >= 0.6 is 0 Å². The number of carbonyl (C=O) groups excluding carboxylic acids is 2. The molecule has 3 aromatic carbocycles. The van der Waals surface area contributed by atoms with Gasteiger partial charge in [0, 0.05) is 18.7 Å². The number of halogens is 3. The van der Waals surface area contributed by atoms with E-state index in [1.54, 1.807) is 24.3 Å². The van der Waals surface area contributed by atoms with Gasteiger partial charge in [-0.2, -0.15) is 17.5 Å². The first kappa shape index (κ1) is 28.3. The minimum absolute atomic E-state index is 0.0733. The Bertz CT molecular complexity index is 1350. The zero-order valence-electron chi connectivity index (χ0n) is 20.7. The fourth-order valence-corrected chi connectivity index (χ4v) is 5.62. The van der Waals surface area contributed by atoms with Gasteiger partial charge in [0.25, 0.3) is 5.91 Å². The lowest BCUT2D eigenvalue weighted by Gasteiger charge is -2.23. The van der Waals surface area contributed by atoms with Crippen molar-refractivity contribution in [1.82, 2.24) is 9.21 Å². The Morgan fingerprint density at radius 3 is 2.00 bits per heavy atom. The van der Waals surface area contributed by atoms with E-state index in [1.807, 2.05) is 32.0 Å². The number of nitrogens with zero attached hydrogens (tertiary/aromatic N) is 2. The number of imide groups is 1. The molecule has 37 heavy (non-hydrogen) atoms. The molecule has 0 N–H and O–H groups in total. The largest absolute Gasteiger partial charge is 0.406 e. The average molecular weight is 535 g/mol. The van der Waals surface area contributed by atoms with E-state index >= 15 is 0 Å². The normalized spacial score (nSPS) is 12.2. The van der Waals surface area contributed by atoms with Crippen LogP contribution in [-0.2, 0) is 21.2 Å². The van der Waals surface area contributed by atoms with Gasteiger partial charge in [0.05, 0.1) is 11.3 Å². The molecule has 0 aliphatic heterocycles. The monoisotopic (exact) mass is 534 g/mol. The SMILES string of the molecule is CCCN(CCC)S(=O)(=O)c1ccc(C(=O)N(CC(F)(F)F)C(=O)Cc2ccc3ccccc3c2)cc1. The van der Waals surface area contributed by atoms with Crippen LogP contribution in [0.25, 0.3) is 10.8 Å². The first-order valence-corrected chi connectivity index (χ1v) is 13.4. The number of carbonyl (C=O) groups is 2. The van der Waals surface area contributed by atoms with Gasteiger partial charge in [0.15, 0.2) is 0 Å². The molecule has 0 unspecified atom stereocenters. The molecule has 0 atom stereocenters. The van der Waals surface area contributed by atoms with Gasteiger partial charge >= 0.3 is 6.18 Å². The van der Waals surface area contributed by atoms with Crippen LogP contribution in [-0.4, -0.2) is 55.2 Å². The molecule has 0 spiro atoms. The van der Waals surface area contributed by atoms with Crippen molar-refractivity contribution in [1.29, 1.82) is 0 Å². The summed E-state index contributed by atoms with van der Waals surface area (Å²) in [6, 6.07) is 17.1. The van der Waals surface area contributed by atoms with Crippen molar-refractivity contribution >= 4 is 32.6 Å². The van der Waals surface area contributed by atoms with E-state index in [1.165, 1.54) is 16.4 Å². The maximum atomic E-state index is 13.3. The molecule has 3 rings (SSSR count). The van der Waals surface area contributed by atoms with Crippen LogP contribution in [0.1, 0.15) is 42.6 Å². The van der Waals surface area contributed by atoms with Crippen molar-refractivity contribution in [3.8, 4) is 0 Å². The second-order valence-corrected chi connectivity index (χ2v) is 10.6. The fraction of sp³-hybridized carbons (Fsp3) is 0.333. The molecule has 6 nitrogen and oxygen atoms in total. The molecule has 10 heteroatoms. The van der Waals surface area contributed by atoms with Gasteiger partial charge in [-0.25, -0.2) is 8.42 Å². The summed E-state index contributed by atoms with van der Waals surface area (Å²) in [6.45, 7) is 2.59. The van der Waals surface area contributed by atoms with E-state index in [9.17, 15) is 31.2 Å². The molecule has 0 radical (unpaired) electrons. The summed E-state index contributed by atoms with van der Waals surface area (Å²) < 4.78 is 67.2. The van der Waals surface area contributed by atoms with Gasteiger partial charge < -0.3 is 0 Å². The van der Waals surface area contributed by atoms with Gasteiger partial charge in [0.1, 0.15) is 6.54 Å². The van der Waals surface area contributed by atoms with E-state index in [0.717, 1.165) is 22.9 Å². The number of amides is 2. The van der Waals surface area contributed by atoms with Crippen LogP contribution in [0.5, 0.6) is 0 Å². The van der Waals surface area contributed by atoms with Crippen molar-refractivity contribution in [3.63, 3.8) is 0 Å². The number of fused-ring (bicyclic) bond motifs is 1. The van der Waals surface area contributed by atoms with Crippen LogP contribution in [0.15, 0.2) is 71.6 Å². The number of alkyl halides is 3. The summed E-state index contributed by atoms with van der Waals surface area (Å²) in [5, 5.41) is 1.73. The smallest absolute Gasteiger partial charge is 0.274 e. The molecule has 198 valence electrons. The summed E-state index contributed by atoms with van der Waals surface area (Å²) in [7, 11) is -3.83. The van der Waals surface area contributed by atoms with Crippen molar-refractivity contribution in [2.75, 3.05) is 19.6 Å². The van der Waals surface area contributed by atoms with E-state index < -0.39 is 41.0 Å². The van der Waals surface area contributed by atoms with Crippen LogP contribution in [0.4, 0.5) is 13.2 Å². The van der Waals surface area contributed by atoms with E-state index in [-0.39, 0.29) is 15.4 Å². The van der Waals surface area contributed by atoms with E-state index in [2.05, 4.69) is 0 Å². The molecule has 2 amide bonds. The molecule has 0 saturated carbocycles. The van der Waals surface area contributed by atoms with E-state index in [0.29, 0.717) is 31.5 Å². The molecule has 0 fully saturated rings. The maximum absolute atomic E-state index is 13.3. The van der Waals surface area contributed by atoms with Gasteiger partial charge in [-0.15, -0.1) is 0 Å². The summed E-state index contributed by atoms with van der Waals surface area (Å²) in [5.41, 5.74) is 0.254. The minimum atomic E-state index is -4.81. The van der Waals surface area contributed by atoms with Crippen LogP contribution in [0.3, 0.4) is 0 Å². The Kier molecular flexibility index (Phi) is 9.09. The van der Waals surface area contributed by atoms with Crippen LogP contribution in [0, 0.1) is 0 Å². The number of hydrogen-bond acceptors (Lipinski definition) is 4. The van der Waals surface area contributed by atoms with Crippen molar-refractivity contribution < 1.29 is 31.2 Å². The third-order valence-corrected chi connectivity index (χ3v) is 7.65. The Morgan fingerprint density at radius 2 is 1.43 bits per heavy atom. The van der Waals surface area contributed by atoms with Gasteiger partial charge in [-0.1, -0.05) is 56.3 Å². The predicted octanol–water partition coefficient (Wildman–Crippen LogP) is 5.42. The Hall–Kier alpha value is -3.24.